The molecular formula is C16H40Si5. The van der Waals surface area contributed by atoms with Crippen molar-refractivity contribution in [2.75, 3.05) is 0 Å². The van der Waals surface area contributed by atoms with Crippen LogP contribution in [-0.2, 0) is 0 Å². The van der Waals surface area contributed by atoms with Gasteiger partial charge < -0.3 is 0 Å². The monoisotopic (exact) mass is 372 g/mol. The predicted octanol–water partition coefficient (Wildman–Crippen LogP) is 5.82. The van der Waals surface area contributed by atoms with Crippen LogP contribution in [-0.4, -0.2) is 44.5 Å². The molecular weight excluding hydrogens is 333 g/mol. The third kappa shape index (κ3) is 3.41. The minimum atomic E-state index is -1.16. The van der Waals surface area contributed by atoms with E-state index in [1.54, 1.807) is 6.42 Å². The van der Waals surface area contributed by atoms with Crippen LogP contribution >= 0.6 is 0 Å². The first-order valence-electron chi connectivity index (χ1n) is 8.71. The molecule has 0 unspecified atom stereocenters. The van der Waals surface area contributed by atoms with Crippen molar-refractivity contribution in [2.45, 2.75) is 95.7 Å². The van der Waals surface area contributed by atoms with Crippen LogP contribution in [0, 0.1) is 0 Å². The second-order valence-corrected chi connectivity index (χ2v) is 41.8. The molecule has 1 aliphatic rings. The first-order chi connectivity index (χ1) is 8.96. The van der Waals surface area contributed by atoms with Crippen molar-refractivity contribution in [1.82, 2.24) is 0 Å². The lowest BCUT2D eigenvalue weighted by atomic mass is 10.4. The lowest BCUT2D eigenvalue weighted by Crippen LogP contribution is -2.65. The zero-order chi connectivity index (χ0) is 17.1. The lowest BCUT2D eigenvalue weighted by Gasteiger charge is -2.54. The van der Waals surface area contributed by atoms with Crippen molar-refractivity contribution in [3.63, 3.8) is 0 Å². The summed E-state index contributed by atoms with van der Waals surface area (Å²) in [5.74, 6) is 0. The first-order valence-corrected chi connectivity index (χ1v) is 25.2. The van der Waals surface area contributed by atoms with Crippen molar-refractivity contribution in [3.05, 3.63) is 0 Å². The van der Waals surface area contributed by atoms with Gasteiger partial charge in [0.05, 0.1) is 15.7 Å². The summed E-state index contributed by atoms with van der Waals surface area (Å²) in [5, 5.41) is 0. The molecule has 1 aliphatic heterocycles. The molecule has 1 heterocycles. The van der Waals surface area contributed by atoms with Gasteiger partial charge in [-0.25, -0.2) is 0 Å². The van der Waals surface area contributed by atoms with E-state index in [1.807, 2.05) is 0 Å². The molecule has 0 aromatic carbocycles. The van der Waals surface area contributed by atoms with Gasteiger partial charge in [-0.1, -0.05) is 78.6 Å². The van der Waals surface area contributed by atoms with Gasteiger partial charge in [-0.15, -0.1) is 4.79 Å². The van der Waals surface area contributed by atoms with E-state index < -0.39 is 31.8 Å². The highest BCUT2D eigenvalue weighted by atomic mass is 29.2. The number of hydrogen-bond acceptors (Lipinski definition) is 0. The smallest absolute Gasteiger partial charge is 0.0669 e. The Morgan fingerprint density at radius 1 is 0.714 bits per heavy atom. The Kier molecular flexibility index (Phi) is 5.24. The molecule has 0 nitrogen and oxygen atoms in total. The summed E-state index contributed by atoms with van der Waals surface area (Å²) in [7, 11) is -4.80. The van der Waals surface area contributed by atoms with E-state index in [0.717, 1.165) is 4.28 Å². The van der Waals surface area contributed by atoms with Gasteiger partial charge in [0, 0.05) is 16.1 Å². The van der Waals surface area contributed by atoms with E-state index in [1.165, 1.54) is 6.42 Å². The molecule has 0 saturated carbocycles. The molecule has 124 valence electrons. The van der Waals surface area contributed by atoms with E-state index in [2.05, 4.69) is 83.4 Å². The summed E-state index contributed by atoms with van der Waals surface area (Å²) in [6.07, 6.45) is 3.10. The van der Waals surface area contributed by atoms with Gasteiger partial charge in [-0.3, -0.25) is 0 Å². The Labute approximate surface area is 140 Å². The minimum Gasteiger partial charge on any atom is -0.102 e. The van der Waals surface area contributed by atoms with Crippen LogP contribution in [0.15, 0.2) is 0 Å². The van der Waals surface area contributed by atoms with Crippen molar-refractivity contribution in [1.29, 1.82) is 0 Å². The summed E-state index contributed by atoms with van der Waals surface area (Å²) in [4.78, 5) is 2.18. The average molecular weight is 373 g/mol. The molecule has 0 amide bonds. The Balaban J connectivity index is 3.81. The summed E-state index contributed by atoms with van der Waals surface area (Å²) in [6, 6.07) is 0. The predicted molar refractivity (Wildman–Crippen MR) is 116 cm³/mol. The van der Waals surface area contributed by atoms with Crippen LogP contribution in [0.25, 0.3) is 0 Å². The summed E-state index contributed by atoms with van der Waals surface area (Å²) >= 11 is 0. The molecule has 5 heteroatoms. The Bertz CT molecular complexity index is 421. The molecule has 0 aliphatic carbocycles. The molecule has 0 radical (unpaired) electrons. The molecule has 0 aromatic heterocycles. The van der Waals surface area contributed by atoms with Crippen LogP contribution in [0.5, 0.6) is 0 Å². The SMILES string of the molecule is C[Si](C)(C)C1=[Si]([Si](C)(C)C)C([Si](C)(C)C)([Si](C)(C)C)CC1. The maximum absolute atomic E-state index is 2.71. The largest absolute Gasteiger partial charge is 0.102 e. The second-order valence-electron chi connectivity index (χ2n) is 11.3. The Morgan fingerprint density at radius 3 is 1.33 bits per heavy atom. The second kappa shape index (κ2) is 5.50. The minimum absolute atomic E-state index is 0.295. The first kappa shape index (κ1) is 20.0. The summed E-state index contributed by atoms with van der Waals surface area (Å²) in [6.45, 7) is 32.3. The summed E-state index contributed by atoms with van der Waals surface area (Å²) < 4.78 is 0.838. The third-order valence-corrected chi connectivity index (χ3v) is 39.3. The van der Waals surface area contributed by atoms with Crippen LogP contribution < -0.4 is 0 Å². The third-order valence-electron chi connectivity index (χ3n) is 5.69. The van der Waals surface area contributed by atoms with Crippen LogP contribution in [0.4, 0.5) is 0 Å². The zero-order valence-corrected chi connectivity index (χ0v) is 21.9. The van der Waals surface area contributed by atoms with E-state index >= 15 is 0 Å². The highest BCUT2D eigenvalue weighted by molar-refractivity contribution is 7.46. The van der Waals surface area contributed by atoms with Crippen molar-refractivity contribution >= 4 is 44.5 Å². The lowest BCUT2D eigenvalue weighted by molar-refractivity contribution is 0.850. The van der Waals surface area contributed by atoms with Crippen molar-refractivity contribution in [3.8, 4) is 0 Å². The Morgan fingerprint density at radius 2 is 1.10 bits per heavy atom. The fraction of sp³-hybridized carbons (Fsp3) is 0.938. The van der Waals surface area contributed by atoms with E-state index in [-0.39, 0.29) is 7.93 Å². The molecule has 0 aromatic rings. The molecule has 1 rings (SSSR count). The maximum Gasteiger partial charge on any atom is 0.0669 e. The quantitative estimate of drug-likeness (QED) is 0.545. The van der Waals surface area contributed by atoms with Crippen LogP contribution in [0.3, 0.4) is 0 Å². The van der Waals surface area contributed by atoms with Crippen molar-refractivity contribution < 1.29 is 0 Å². The van der Waals surface area contributed by atoms with Gasteiger partial charge in [0.25, 0.3) is 0 Å². The van der Waals surface area contributed by atoms with E-state index in [0.29, 0.717) is 0 Å². The zero-order valence-electron chi connectivity index (χ0n) is 16.9. The van der Waals surface area contributed by atoms with Gasteiger partial charge in [0.1, 0.15) is 0 Å². The fourth-order valence-corrected chi connectivity index (χ4v) is 59.2. The molecule has 0 N–H and O–H groups in total. The molecule has 0 spiro atoms. The molecule has 0 saturated heterocycles. The van der Waals surface area contributed by atoms with Crippen molar-refractivity contribution in [2.24, 2.45) is 0 Å². The van der Waals surface area contributed by atoms with Gasteiger partial charge in [-0.2, -0.15) is 0 Å². The van der Waals surface area contributed by atoms with Crippen LogP contribution in [0.2, 0.25) is 82.8 Å². The van der Waals surface area contributed by atoms with Crippen LogP contribution in [0.1, 0.15) is 12.8 Å². The highest BCUT2D eigenvalue weighted by Crippen LogP contribution is 2.56. The van der Waals surface area contributed by atoms with Gasteiger partial charge >= 0.3 is 0 Å². The maximum atomic E-state index is 2.71. The highest BCUT2D eigenvalue weighted by Gasteiger charge is 2.60. The van der Waals surface area contributed by atoms with Gasteiger partial charge in [0.2, 0.25) is 0 Å². The summed E-state index contributed by atoms with van der Waals surface area (Å²) in [5.41, 5.74) is 0. The van der Waals surface area contributed by atoms with Gasteiger partial charge in [-0.05, 0) is 25.1 Å². The average Bonchev–Trinajstić information content (AvgIpc) is 2.53. The van der Waals surface area contributed by atoms with Gasteiger partial charge in [0.15, 0.2) is 0 Å². The van der Waals surface area contributed by atoms with E-state index in [4.69, 9.17) is 0 Å². The fourth-order valence-electron chi connectivity index (χ4n) is 5.29. The number of rotatable bonds is 4. The molecule has 0 fully saturated rings. The standard InChI is InChI=1S/C16H40Si5/c1-18(2,3)15-13-14-16(19(4,5)6,20(7,8)9)17(15)21(10,11)12/h13-14H2,1-12H3. The normalized spacial score (nSPS) is 21.1. The number of hydrogen-bond donors (Lipinski definition) is 0. The molecule has 0 bridgehead atoms. The van der Waals surface area contributed by atoms with E-state index in [9.17, 15) is 0 Å². The molecule has 0 atom stereocenters. The topological polar surface area (TPSA) is 0 Å². The molecule has 21 heavy (non-hydrogen) atoms. The Hall–Kier alpha value is 0.954.